The van der Waals surface area contributed by atoms with Crippen LogP contribution in [-0.4, -0.2) is 23.4 Å². The van der Waals surface area contributed by atoms with Crippen molar-refractivity contribution in [3.8, 4) is 0 Å². The lowest BCUT2D eigenvalue weighted by Crippen LogP contribution is -2.16. The van der Waals surface area contributed by atoms with Crippen molar-refractivity contribution in [2.45, 2.75) is 25.9 Å². The molecule has 18 heavy (non-hydrogen) atoms. The Kier molecular flexibility index (Phi) is 3.72. The highest BCUT2D eigenvalue weighted by atomic mass is 16.6. The molecule has 0 bridgehead atoms. The Labute approximate surface area is 105 Å². The first kappa shape index (κ1) is 12.7. The number of benzene rings is 1. The molecule has 5 nitrogen and oxygen atoms in total. The van der Waals surface area contributed by atoms with Gasteiger partial charge in [0.15, 0.2) is 0 Å². The van der Waals surface area contributed by atoms with Gasteiger partial charge in [-0.2, -0.15) is 0 Å². The van der Waals surface area contributed by atoms with Gasteiger partial charge in [-0.3, -0.25) is 14.9 Å². The van der Waals surface area contributed by atoms with Crippen LogP contribution in [0.15, 0.2) is 24.3 Å². The molecule has 1 aliphatic heterocycles. The molecule has 0 radical (unpaired) electrons. The molecule has 0 spiro atoms. The molecule has 0 aromatic heterocycles. The van der Waals surface area contributed by atoms with Crippen LogP contribution in [0.5, 0.6) is 0 Å². The van der Waals surface area contributed by atoms with Gasteiger partial charge in [0.2, 0.25) is 0 Å². The molecule has 0 N–H and O–H groups in total. The summed E-state index contributed by atoms with van der Waals surface area (Å²) in [6.07, 6.45) is 1.24. The highest BCUT2D eigenvalue weighted by Crippen LogP contribution is 2.22. The number of nitro benzene ring substituents is 1. The molecule has 96 valence electrons. The molecule has 1 fully saturated rings. The standard InChI is InChI=1S/C13H15NO4/c1-9-6-11(8-18-9)13(15)7-10-2-4-12(5-3-10)14(16)17/h2-5,9,11H,6-8H2,1H3. The summed E-state index contributed by atoms with van der Waals surface area (Å²) in [7, 11) is 0. The van der Waals surface area contributed by atoms with Gasteiger partial charge in [-0.1, -0.05) is 12.1 Å². The molecule has 0 saturated carbocycles. The van der Waals surface area contributed by atoms with Crippen LogP contribution in [0.2, 0.25) is 0 Å². The number of carbonyl (C=O) groups excluding carboxylic acids is 1. The Bertz CT molecular complexity index is 455. The molecule has 1 aliphatic rings. The van der Waals surface area contributed by atoms with E-state index >= 15 is 0 Å². The summed E-state index contributed by atoms with van der Waals surface area (Å²) in [5.74, 6) is 0.114. The van der Waals surface area contributed by atoms with E-state index in [4.69, 9.17) is 4.74 Å². The van der Waals surface area contributed by atoms with Gasteiger partial charge in [-0.25, -0.2) is 0 Å². The highest BCUT2D eigenvalue weighted by Gasteiger charge is 2.27. The lowest BCUT2D eigenvalue weighted by molar-refractivity contribution is -0.384. The van der Waals surface area contributed by atoms with E-state index < -0.39 is 4.92 Å². The van der Waals surface area contributed by atoms with Crippen molar-refractivity contribution in [3.63, 3.8) is 0 Å². The number of carbonyl (C=O) groups is 1. The normalized spacial score (nSPS) is 22.9. The van der Waals surface area contributed by atoms with Gasteiger partial charge in [0, 0.05) is 24.5 Å². The van der Waals surface area contributed by atoms with Crippen LogP contribution >= 0.6 is 0 Å². The van der Waals surface area contributed by atoms with Crippen molar-refractivity contribution in [2.24, 2.45) is 5.92 Å². The third-order valence-electron chi connectivity index (χ3n) is 3.18. The second kappa shape index (κ2) is 5.27. The van der Waals surface area contributed by atoms with Gasteiger partial charge in [0.1, 0.15) is 5.78 Å². The molecule has 2 rings (SSSR count). The maximum absolute atomic E-state index is 12.0. The van der Waals surface area contributed by atoms with Crippen molar-refractivity contribution >= 4 is 11.5 Å². The predicted molar refractivity (Wildman–Crippen MR) is 65.3 cm³/mol. The number of Topliss-reactive ketones (excluding diaryl/α,β-unsaturated/α-hetero) is 1. The molecule has 0 aliphatic carbocycles. The molecule has 5 heteroatoms. The van der Waals surface area contributed by atoms with Crippen LogP contribution in [0.25, 0.3) is 0 Å². The van der Waals surface area contributed by atoms with E-state index in [0.29, 0.717) is 13.0 Å². The summed E-state index contributed by atoms with van der Waals surface area (Å²) >= 11 is 0. The number of nitro groups is 1. The van der Waals surface area contributed by atoms with Crippen LogP contribution in [0.4, 0.5) is 5.69 Å². The summed E-state index contributed by atoms with van der Waals surface area (Å²) < 4.78 is 5.36. The number of ketones is 1. The van der Waals surface area contributed by atoms with E-state index in [1.807, 2.05) is 6.92 Å². The average molecular weight is 249 g/mol. The van der Waals surface area contributed by atoms with Gasteiger partial charge in [-0.15, -0.1) is 0 Å². The van der Waals surface area contributed by atoms with E-state index in [2.05, 4.69) is 0 Å². The van der Waals surface area contributed by atoms with Crippen LogP contribution < -0.4 is 0 Å². The number of nitrogens with zero attached hydrogens (tertiary/aromatic N) is 1. The van der Waals surface area contributed by atoms with Crippen molar-refractivity contribution in [1.29, 1.82) is 0 Å². The average Bonchev–Trinajstić information content (AvgIpc) is 2.76. The van der Waals surface area contributed by atoms with E-state index in [0.717, 1.165) is 12.0 Å². The minimum absolute atomic E-state index is 0.0322. The third-order valence-corrected chi connectivity index (χ3v) is 3.18. The van der Waals surface area contributed by atoms with Gasteiger partial charge in [0.05, 0.1) is 17.6 Å². The summed E-state index contributed by atoms with van der Waals surface area (Å²) in [5.41, 5.74) is 0.856. The van der Waals surface area contributed by atoms with Crippen LogP contribution in [0.1, 0.15) is 18.9 Å². The van der Waals surface area contributed by atoms with Crippen molar-refractivity contribution in [2.75, 3.05) is 6.61 Å². The fourth-order valence-electron chi connectivity index (χ4n) is 2.12. The number of ether oxygens (including phenoxy) is 1. The van der Waals surface area contributed by atoms with E-state index in [-0.39, 0.29) is 23.5 Å². The molecular weight excluding hydrogens is 234 g/mol. The molecule has 2 atom stereocenters. The summed E-state index contributed by atoms with van der Waals surface area (Å²) in [4.78, 5) is 22.0. The number of hydrogen-bond donors (Lipinski definition) is 0. The Balaban J connectivity index is 1.97. The number of non-ortho nitro benzene ring substituents is 1. The lowest BCUT2D eigenvalue weighted by atomic mass is 9.96. The Morgan fingerprint density at radius 1 is 1.44 bits per heavy atom. The van der Waals surface area contributed by atoms with E-state index in [9.17, 15) is 14.9 Å². The molecule has 1 saturated heterocycles. The summed E-state index contributed by atoms with van der Waals surface area (Å²) in [6.45, 7) is 2.45. The van der Waals surface area contributed by atoms with Crippen molar-refractivity contribution in [3.05, 3.63) is 39.9 Å². The van der Waals surface area contributed by atoms with Crippen LogP contribution in [0, 0.1) is 16.0 Å². The van der Waals surface area contributed by atoms with Crippen LogP contribution in [-0.2, 0) is 16.0 Å². The zero-order chi connectivity index (χ0) is 13.1. The van der Waals surface area contributed by atoms with Gasteiger partial charge >= 0.3 is 0 Å². The second-order valence-electron chi connectivity index (χ2n) is 4.64. The molecule has 0 amide bonds. The van der Waals surface area contributed by atoms with Gasteiger partial charge < -0.3 is 4.74 Å². The van der Waals surface area contributed by atoms with Crippen LogP contribution in [0.3, 0.4) is 0 Å². The monoisotopic (exact) mass is 249 g/mol. The maximum Gasteiger partial charge on any atom is 0.269 e. The summed E-state index contributed by atoms with van der Waals surface area (Å²) in [5, 5.41) is 10.5. The minimum Gasteiger partial charge on any atom is -0.378 e. The number of hydrogen-bond acceptors (Lipinski definition) is 4. The topological polar surface area (TPSA) is 69.4 Å². The highest BCUT2D eigenvalue weighted by molar-refractivity contribution is 5.83. The van der Waals surface area contributed by atoms with Gasteiger partial charge in [0.25, 0.3) is 5.69 Å². The Morgan fingerprint density at radius 2 is 2.11 bits per heavy atom. The third kappa shape index (κ3) is 2.92. The lowest BCUT2D eigenvalue weighted by Gasteiger charge is -2.06. The Hall–Kier alpha value is -1.75. The van der Waals surface area contributed by atoms with Crippen molar-refractivity contribution < 1.29 is 14.5 Å². The zero-order valence-electron chi connectivity index (χ0n) is 10.2. The van der Waals surface area contributed by atoms with Gasteiger partial charge in [-0.05, 0) is 18.9 Å². The molecule has 1 heterocycles. The molecule has 1 aromatic rings. The van der Waals surface area contributed by atoms with E-state index in [1.54, 1.807) is 12.1 Å². The predicted octanol–water partition coefficient (Wildman–Crippen LogP) is 2.13. The minimum atomic E-state index is -0.446. The second-order valence-corrected chi connectivity index (χ2v) is 4.64. The quantitative estimate of drug-likeness (QED) is 0.605. The molecule has 2 unspecified atom stereocenters. The fraction of sp³-hybridized carbons (Fsp3) is 0.462. The summed E-state index contributed by atoms with van der Waals surface area (Å²) in [6, 6.07) is 6.12. The fourth-order valence-corrected chi connectivity index (χ4v) is 2.12. The first-order valence-electron chi connectivity index (χ1n) is 5.94. The van der Waals surface area contributed by atoms with Crippen molar-refractivity contribution in [1.82, 2.24) is 0 Å². The largest absolute Gasteiger partial charge is 0.378 e. The SMILES string of the molecule is CC1CC(C(=O)Cc2ccc([N+](=O)[O-])cc2)CO1. The first-order chi connectivity index (χ1) is 8.56. The number of rotatable bonds is 4. The maximum atomic E-state index is 12.0. The zero-order valence-corrected chi connectivity index (χ0v) is 10.2. The molecular formula is C13H15NO4. The first-order valence-corrected chi connectivity index (χ1v) is 5.94. The Morgan fingerprint density at radius 3 is 2.61 bits per heavy atom. The smallest absolute Gasteiger partial charge is 0.269 e. The molecule has 1 aromatic carbocycles. The van der Waals surface area contributed by atoms with E-state index in [1.165, 1.54) is 12.1 Å².